The standard InChI is InChI=1S/C27H25BrClN3O4/c1-17-2-11-24(23(28)12-17)31-25(33)16-36-22-9-7-21(8-10-22)32-15-19(13-26(32)34)27(35)30-14-18-3-5-20(29)6-4-18/h2-12,19H,13-16H2,1H3,(H,30,35)(H,31,33)/t19-/m1/s1. The van der Waals surface area contributed by atoms with Crippen LogP contribution in [0, 0.1) is 12.8 Å². The van der Waals surface area contributed by atoms with E-state index < -0.39 is 5.92 Å². The molecule has 0 unspecified atom stereocenters. The van der Waals surface area contributed by atoms with Gasteiger partial charge in [0, 0.05) is 34.7 Å². The van der Waals surface area contributed by atoms with Crippen LogP contribution in [0.5, 0.6) is 5.75 Å². The number of anilines is 2. The molecule has 36 heavy (non-hydrogen) atoms. The van der Waals surface area contributed by atoms with Crippen LogP contribution >= 0.6 is 27.5 Å². The number of halogens is 2. The van der Waals surface area contributed by atoms with Gasteiger partial charge in [0.15, 0.2) is 6.61 Å². The van der Waals surface area contributed by atoms with Crippen LogP contribution in [0.3, 0.4) is 0 Å². The lowest BCUT2D eigenvalue weighted by atomic mass is 10.1. The predicted octanol–water partition coefficient (Wildman–Crippen LogP) is 5.10. The van der Waals surface area contributed by atoms with E-state index in [1.54, 1.807) is 41.3 Å². The summed E-state index contributed by atoms with van der Waals surface area (Å²) in [4.78, 5) is 39.0. The Hall–Kier alpha value is -3.36. The van der Waals surface area contributed by atoms with Crippen molar-refractivity contribution in [2.45, 2.75) is 19.9 Å². The fourth-order valence-electron chi connectivity index (χ4n) is 3.85. The number of amides is 3. The SMILES string of the molecule is Cc1ccc(NC(=O)COc2ccc(N3C[C@H](C(=O)NCc4ccc(Cl)cc4)CC3=O)cc2)c(Br)c1. The van der Waals surface area contributed by atoms with Gasteiger partial charge in [-0.25, -0.2) is 0 Å². The van der Waals surface area contributed by atoms with Crippen LogP contribution in [0.25, 0.3) is 0 Å². The number of carbonyl (C=O) groups excluding carboxylic acids is 3. The van der Waals surface area contributed by atoms with E-state index >= 15 is 0 Å². The molecule has 186 valence electrons. The quantitative estimate of drug-likeness (QED) is 0.395. The summed E-state index contributed by atoms with van der Waals surface area (Å²) in [5.74, 6) is -0.484. The van der Waals surface area contributed by atoms with Gasteiger partial charge in [-0.3, -0.25) is 14.4 Å². The summed E-state index contributed by atoms with van der Waals surface area (Å²) in [6.07, 6.45) is 0.152. The summed E-state index contributed by atoms with van der Waals surface area (Å²) in [5, 5.41) is 6.33. The number of nitrogens with one attached hydrogen (secondary N) is 2. The molecule has 0 radical (unpaired) electrons. The molecular weight excluding hydrogens is 546 g/mol. The minimum Gasteiger partial charge on any atom is -0.484 e. The molecule has 3 aromatic carbocycles. The summed E-state index contributed by atoms with van der Waals surface area (Å²) in [7, 11) is 0. The van der Waals surface area contributed by atoms with Crippen molar-refractivity contribution < 1.29 is 19.1 Å². The zero-order chi connectivity index (χ0) is 25.7. The molecule has 1 aliphatic rings. The minimum absolute atomic E-state index is 0.113. The van der Waals surface area contributed by atoms with Gasteiger partial charge in [-0.2, -0.15) is 0 Å². The number of ether oxygens (including phenoxy) is 1. The number of rotatable bonds is 8. The lowest BCUT2D eigenvalue weighted by Crippen LogP contribution is -2.32. The first-order chi connectivity index (χ1) is 17.3. The van der Waals surface area contributed by atoms with Gasteiger partial charge in [0.2, 0.25) is 11.8 Å². The van der Waals surface area contributed by atoms with Crippen molar-refractivity contribution in [2.75, 3.05) is 23.4 Å². The molecule has 1 fully saturated rings. The maximum atomic E-state index is 12.6. The molecular formula is C27H25BrClN3O4. The molecule has 1 atom stereocenters. The Labute approximate surface area is 222 Å². The molecule has 1 heterocycles. The van der Waals surface area contributed by atoms with Crippen molar-refractivity contribution >= 4 is 56.6 Å². The zero-order valence-electron chi connectivity index (χ0n) is 19.6. The number of benzene rings is 3. The number of hydrogen-bond donors (Lipinski definition) is 2. The summed E-state index contributed by atoms with van der Waals surface area (Å²) >= 11 is 9.33. The molecule has 1 aliphatic heterocycles. The van der Waals surface area contributed by atoms with Gasteiger partial charge in [0.1, 0.15) is 5.75 Å². The molecule has 0 spiro atoms. The predicted molar refractivity (Wildman–Crippen MR) is 143 cm³/mol. The highest BCUT2D eigenvalue weighted by atomic mass is 79.9. The Balaban J connectivity index is 1.27. The van der Waals surface area contributed by atoms with Gasteiger partial charge in [-0.05, 0) is 82.5 Å². The average molecular weight is 571 g/mol. The monoisotopic (exact) mass is 569 g/mol. The molecule has 0 aromatic heterocycles. The largest absolute Gasteiger partial charge is 0.484 e. The highest BCUT2D eigenvalue weighted by Crippen LogP contribution is 2.27. The van der Waals surface area contributed by atoms with E-state index in [0.29, 0.717) is 35.2 Å². The summed E-state index contributed by atoms with van der Waals surface area (Å²) in [6.45, 7) is 2.50. The number of hydrogen-bond acceptors (Lipinski definition) is 4. The average Bonchev–Trinajstić information content (AvgIpc) is 3.26. The second kappa shape index (κ2) is 11.6. The Bertz CT molecular complexity index is 1270. The Morgan fingerprint density at radius 1 is 1.08 bits per heavy atom. The van der Waals surface area contributed by atoms with Gasteiger partial charge in [0.05, 0.1) is 11.6 Å². The van der Waals surface area contributed by atoms with Crippen molar-refractivity contribution in [2.24, 2.45) is 5.92 Å². The zero-order valence-corrected chi connectivity index (χ0v) is 21.9. The van der Waals surface area contributed by atoms with E-state index in [2.05, 4.69) is 26.6 Å². The lowest BCUT2D eigenvalue weighted by molar-refractivity contribution is -0.126. The van der Waals surface area contributed by atoms with Gasteiger partial charge in [0.25, 0.3) is 5.91 Å². The molecule has 3 aromatic rings. The molecule has 3 amide bonds. The van der Waals surface area contributed by atoms with E-state index in [4.69, 9.17) is 16.3 Å². The normalized spacial score (nSPS) is 15.0. The van der Waals surface area contributed by atoms with Crippen molar-refractivity contribution in [1.29, 1.82) is 0 Å². The first kappa shape index (κ1) is 25.7. The molecule has 7 nitrogen and oxygen atoms in total. The minimum atomic E-state index is -0.425. The van der Waals surface area contributed by atoms with E-state index in [9.17, 15) is 14.4 Å². The molecule has 2 N–H and O–H groups in total. The van der Waals surface area contributed by atoms with E-state index in [1.165, 1.54) is 0 Å². The van der Waals surface area contributed by atoms with Crippen molar-refractivity contribution in [3.63, 3.8) is 0 Å². The fraction of sp³-hybridized carbons (Fsp3) is 0.222. The Morgan fingerprint density at radius 3 is 2.50 bits per heavy atom. The molecule has 9 heteroatoms. The summed E-state index contributed by atoms with van der Waals surface area (Å²) in [5.41, 5.74) is 3.36. The van der Waals surface area contributed by atoms with Crippen LogP contribution in [0.15, 0.2) is 71.2 Å². The van der Waals surface area contributed by atoms with Gasteiger partial charge in [-0.1, -0.05) is 29.8 Å². The maximum absolute atomic E-state index is 12.6. The molecule has 0 saturated carbocycles. The lowest BCUT2D eigenvalue weighted by Gasteiger charge is -2.17. The molecule has 0 aliphatic carbocycles. The Morgan fingerprint density at radius 2 is 1.81 bits per heavy atom. The first-order valence-corrected chi connectivity index (χ1v) is 12.6. The number of aryl methyl sites for hydroxylation is 1. The second-order valence-corrected chi connectivity index (χ2v) is 9.85. The third-order valence-corrected chi connectivity index (χ3v) is 6.70. The third kappa shape index (κ3) is 6.65. The Kier molecular flexibility index (Phi) is 8.28. The van der Waals surface area contributed by atoms with Crippen molar-refractivity contribution in [3.8, 4) is 5.75 Å². The highest BCUT2D eigenvalue weighted by Gasteiger charge is 2.35. The highest BCUT2D eigenvalue weighted by molar-refractivity contribution is 9.10. The van der Waals surface area contributed by atoms with Crippen LogP contribution in [0.4, 0.5) is 11.4 Å². The number of carbonyl (C=O) groups is 3. The topological polar surface area (TPSA) is 87.7 Å². The second-order valence-electron chi connectivity index (χ2n) is 8.56. The van der Waals surface area contributed by atoms with Crippen LogP contribution < -0.4 is 20.3 Å². The van der Waals surface area contributed by atoms with Crippen LogP contribution in [0.1, 0.15) is 17.5 Å². The van der Waals surface area contributed by atoms with Crippen molar-refractivity contribution in [3.05, 3.63) is 87.4 Å². The molecule has 4 rings (SSSR count). The molecule has 1 saturated heterocycles. The number of nitrogens with zero attached hydrogens (tertiary/aromatic N) is 1. The maximum Gasteiger partial charge on any atom is 0.262 e. The van der Waals surface area contributed by atoms with Gasteiger partial charge >= 0.3 is 0 Å². The fourth-order valence-corrected chi connectivity index (χ4v) is 4.57. The van der Waals surface area contributed by atoms with Gasteiger partial charge in [-0.15, -0.1) is 0 Å². The smallest absolute Gasteiger partial charge is 0.262 e. The first-order valence-electron chi connectivity index (χ1n) is 11.4. The summed E-state index contributed by atoms with van der Waals surface area (Å²) in [6, 6.07) is 19.8. The third-order valence-electron chi connectivity index (χ3n) is 5.79. The van der Waals surface area contributed by atoms with Crippen LogP contribution in [0.2, 0.25) is 5.02 Å². The van der Waals surface area contributed by atoms with E-state index in [-0.39, 0.29) is 30.7 Å². The van der Waals surface area contributed by atoms with E-state index in [0.717, 1.165) is 15.6 Å². The summed E-state index contributed by atoms with van der Waals surface area (Å²) < 4.78 is 6.38. The molecule has 0 bridgehead atoms. The van der Waals surface area contributed by atoms with Crippen LogP contribution in [-0.4, -0.2) is 30.9 Å². The van der Waals surface area contributed by atoms with Gasteiger partial charge < -0.3 is 20.3 Å². The van der Waals surface area contributed by atoms with E-state index in [1.807, 2.05) is 37.3 Å². The van der Waals surface area contributed by atoms with Crippen LogP contribution in [-0.2, 0) is 20.9 Å². The van der Waals surface area contributed by atoms with Crippen molar-refractivity contribution in [1.82, 2.24) is 5.32 Å².